The van der Waals surface area contributed by atoms with Crippen LogP contribution in [0.25, 0.3) is 0 Å². The van der Waals surface area contributed by atoms with E-state index in [9.17, 15) is 0 Å². The van der Waals surface area contributed by atoms with Gasteiger partial charge in [0.25, 0.3) is 0 Å². The van der Waals surface area contributed by atoms with E-state index in [0.717, 1.165) is 5.92 Å². The second-order valence-electron chi connectivity index (χ2n) is 5.52. The molecule has 0 amide bonds. The molecule has 0 N–H and O–H groups in total. The van der Waals surface area contributed by atoms with Gasteiger partial charge < -0.3 is 4.74 Å². The summed E-state index contributed by atoms with van der Waals surface area (Å²) in [4.78, 5) is 0. The average molecular weight is 181 g/mol. The predicted molar refractivity (Wildman–Crippen MR) is 58.1 cm³/mol. The first kappa shape index (κ1) is 11.1. The summed E-state index contributed by atoms with van der Waals surface area (Å²) in [6.07, 6.45) is 2.86. The van der Waals surface area contributed by atoms with E-state index in [1.807, 2.05) is 0 Å². The monoisotopic (exact) mass is 181 g/mol. The minimum absolute atomic E-state index is 0.390. The molecule has 1 aliphatic rings. The van der Waals surface area contributed by atoms with Gasteiger partial charge in [-0.2, -0.15) is 0 Å². The summed E-state index contributed by atoms with van der Waals surface area (Å²) >= 11 is 0. The standard InChI is InChI=1S/C11H22BO/c1-8-6-10(12-5)13-9(8)7-11(2,3)4/h8-10H,6-7H2,1-5H3/t8-,9?,10+/m0/s1. The van der Waals surface area contributed by atoms with Crippen molar-refractivity contribution in [3.8, 4) is 0 Å². The third kappa shape index (κ3) is 3.34. The van der Waals surface area contributed by atoms with Crippen molar-refractivity contribution >= 4 is 7.28 Å². The highest BCUT2D eigenvalue weighted by Crippen LogP contribution is 2.33. The summed E-state index contributed by atoms with van der Waals surface area (Å²) in [5.41, 5.74) is 0.390. The molecule has 13 heavy (non-hydrogen) atoms. The van der Waals surface area contributed by atoms with E-state index in [1.54, 1.807) is 0 Å². The molecule has 0 aromatic rings. The van der Waals surface area contributed by atoms with E-state index in [4.69, 9.17) is 4.74 Å². The molecule has 2 heteroatoms. The van der Waals surface area contributed by atoms with Crippen molar-refractivity contribution < 1.29 is 4.74 Å². The van der Waals surface area contributed by atoms with Crippen molar-refractivity contribution in [1.29, 1.82) is 0 Å². The maximum atomic E-state index is 5.94. The normalized spacial score (nSPS) is 35.0. The Kier molecular flexibility index (Phi) is 3.45. The van der Waals surface area contributed by atoms with Gasteiger partial charge in [0, 0.05) is 6.00 Å². The van der Waals surface area contributed by atoms with Gasteiger partial charge in [-0.3, -0.25) is 0 Å². The van der Waals surface area contributed by atoms with Crippen LogP contribution in [0.5, 0.6) is 0 Å². The van der Waals surface area contributed by atoms with Crippen molar-refractivity contribution in [2.45, 2.75) is 59.5 Å². The Balaban J connectivity index is 2.44. The van der Waals surface area contributed by atoms with Gasteiger partial charge in [0.2, 0.25) is 0 Å². The molecule has 1 aliphatic heterocycles. The summed E-state index contributed by atoms with van der Waals surface area (Å²) in [6.45, 7) is 11.3. The van der Waals surface area contributed by atoms with E-state index in [1.165, 1.54) is 12.8 Å². The summed E-state index contributed by atoms with van der Waals surface area (Å²) < 4.78 is 5.94. The Morgan fingerprint density at radius 1 is 1.38 bits per heavy atom. The first-order chi connectivity index (χ1) is 5.92. The molecule has 0 aliphatic carbocycles. The zero-order chi connectivity index (χ0) is 10.1. The van der Waals surface area contributed by atoms with Crippen molar-refractivity contribution in [1.82, 2.24) is 0 Å². The van der Waals surface area contributed by atoms with E-state index in [2.05, 4.69) is 41.8 Å². The van der Waals surface area contributed by atoms with Gasteiger partial charge in [-0.1, -0.05) is 34.5 Å². The van der Waals surface area contributed by atoms with Crippen LogP contribution in [0, 0.1) is 11.3 Å². The summed E-state index contributed by atoms with van der Waals surface area (Å²) in [6, 6.07) is 0.405. The first-order valence-electron chi connectivity index (χ1n) is 5.37. The molecule has 1 heterocycles. The van der Waals surface area contributed by atoms with Gasteiger partial charge in [-0.15, -0.1) is 0 Å². The van der Waals surface area contributed by atoms with Crippen LogP contribution in [0.3, 0.4) is 0 Å². The third-order valence-corrected chi connectivity index (χ3v) is 2.77. The van der Waals surface area contributed by atoms with Crippen LogP contribution >= 0.6 is 0 Å². The van der Waals surface area contributed by atoms with E-state index in [0.29, 0.717) is 17.5 Å². The summed E-state index contributed by atoms with van der Waals surface area (Å²) in [7, 11) is 2.18. The Labute approximate surface area is 83.5 Å². The quantitative estimate of drug-likeness (QED) is 0.595. The molecule has 3 atom stereocenters. The van der Waals surface area contributed by atoms with E-state index in [-0.39, 0.29) is 0 Å². The van der Waals surface area contributed by atoms with Gasteiger partial charge in [0.1, 0.15) is 7.28 Å². The molecule has 0 aromatic carbocycles. The van der Waals surface area contributed by atoms with Crippen LogP contribution < -0.4 is 0 Å². The molecule has 1 fully saturated rings. The Morgan fingerprint density at radius 3 is 2.38 bits per heavy atom. The summed E-state index contributed by atoms with van der Waals surface area (Å²) in [5.74, 6) is 0.723. The lowest BCUT2D eigenvalue weighted by atomic mass is 9.72. The van der Waals surface area contributed by atoms with Crippen molar-refractivity contribution in [3.63, 3.8) is 0 Å². The molecular weight excluding hydrogens is 159 g/mol. The van der Waals surface area contributed by atoms with Gasteiger partial charge in [0.05, 0.1) is 6.10 Å². The van der Waals surface area contributed by atoms with Crippen molar-refractivity contribution in [2.24, 2.45) is 11.3 Å². The van der Waals surface area contributed by atoms with Gasteiger partial charge in [-0.05, 0) is 24.2 Å². The topological polar surface area (TPSA) is 9.23 Å². The SMILES string of the molecule is C[B][C@H]1C[C@H](C)C(CC(C)(C)C)O1. The van der Waals surface area contributed by atoms with Gasteiger partial charge in [-0.25, -0.2) is 0 Å². The lowest BCUT2D eigenvalue weighted by molar-refractivity contribution is 0.0427. The molecule has 1 rings (SSSR count). The minimum atomic E-state index is 0.390. The minimum Gasteiger partial charge on any atom is -0.384 e. The van der Waals surface area contributed by atoms with Crippen molar-refractivity contribution in [3.05, 3.63) is 0 Å². The molecule has 0 aromatic heterocycles. The molecule has 1 saturated heterocycles. The second-order valence-corrected chi connectivity index (χ2v) is 5.52. The zero-order valence-corrected chi connectivity index (χ0v) is 9.63. The highest BCUT2D eigenvalue weighted by atomic mass is 16.5. The highest BCUT2D eigenvalue weighted by Gasteiger charge is 2.33. The number of hydrogen-bond donors (Lipinski definition) is 0. The molecule has 1 radical (unpaired) electrons. The Morgan fingerprint density at radius 2 is 2.00 bits per heavy atom. The first-order valence-corrected chi connectivity index (χ1v) is 5.37. The van der Waals surface area contributed by atoms with Crippen LogP contribution in [-0.4, -0.2) is 19.4 Å². The lowest BCUT2D eigenvalue weighted by Crippen LogP contribution is -2.22. The summed E-state index contributed by atoms with van der Waals surface area (Å²) in [5, 5.41) is 0. The van der Waals surface area contributed by atoms with Gasteiger partial charge in [0.15, 0.2) is 0 Å². The van der Waals surface area contributed by atoms with Crippen LogP contribution in [0.2, 0.25) is 6.82 Å². The molecule has 1 nitrogen and oxygen atoms in total. The van der Waals surface area contributed by atoms with Crippen LogP contribution in [0.4, 0.5) is 0 Å². The molecule has 0 bridgehead atoms. The van der Waals surface area contributed by atoms with Crippen LogP contribution in [-0.2, 0) is 4.74 Å². The maximum Gasteiger partial charge on any atom is 0.146 e. The van der Waals surface area contributed by atoms with Crippen LogP contribution in [0.15, 0.2) is 0 Å². The fourth-order valence-electron chi connectivity index (χ4n) is 2.00. The number of ether oxygens (including phenoxy) is 1. The van der Waals surface area contributed by atoms with Crippen LogP contribution in [0.1, 0.15) is 40.5 Å². The molecule has 0 saturated carbocycles. The predicted octanol–water partition coefficient (Wildman–Crippen LogP) is 2.93. The Bertz CT molecular complexity index is 162. The third-order valence-electron chi connectivity index (χ3n) is 2.77. The van der Waals surface area contributed by atoms with E-state index < -0.39 is 0 Å². The largest absolute Gasteiger partial charge is 0.384 e. The fraction of sp³-hybridized carbons (Fsp3) is 1.00. The fourth-order valence-corrected chi connectivity index (χ4v) is 2.00. The van der Waals surface area contributed by atoms with E-state index >= 15 is 0 Å². The van der Waals surface area contributed by atoms with Crippen molar-refractivity contribution in [2.75, 3.05) is 0 Å². The lowest BCUT2D eigenvalue weighted by Gasteiger charge is -2.25. The van der Waals surface area contributed by atoms with Gasteiger partial charge >= 0.3 is 0 Å². The molecular formula is C11H22BO. The number of hydrogen-bond acceptors (Lipinski definition) is 1. The average Bonchev–Trinajstić information content (AvgIpc) is 2.29. The second kappa shape index (κ2) is 4.04. The maximum absolute atomic E-state index is 5.94. The smallest absolute Gasteiger partial charge is 0.146 e. The zero-order valence-electron chi connectivity index (χ0n) is 9.63. The molecule has 1 unspecified atom stereocenters. The number of rotatable bonds is 2. The molecule has 75 valence electrons. The molecule has 0 spiro atoms. The Hall–Kier alpha value is 0.0249. The highest BCUT2D eigenvalue weighted by molar-refractivity contribution is 6.35.